The Balaban J connectivity index is 2.55. The first-order valence-corrected chi connectivity index (χ1v) is 4.74. The quantitative estimate of drug-likeness (QED) is 0.638. The molecule has 1 heterocycles. The molecule has 2 rings (SSSR count). The van der Waals surface area contributed by atoms with Crippen LogP contribution in [0, 0.1) is 11.3 Å². The van der Waals surface area contributed by atoms with Crippen LogP contribution in [0.1, 0.15) is 18.1 Å². The molecule has 0 aromatic heterocycles. The van der Waals surface area contributed by atoms with Crippen molar-refractivity contribution in [1.82, 2.24) is 0 Å². The summed E-state index contributed by atoms with van der Waals surface area (Å²) < 4.78 is 0. The van der Waals surface area contributed by atoms with Crippen LogP contribution >= 0.6 is 0 Å². The van der Waals surface area contributed by atoms with E-state index < -0.39 is 0 Å². The maximum atomic E-state index is 11.3. The van der Waals surface area contributed by atoms with Crippen molar-refractivity contribution in [3.63, 3.8) is 0 Å². The number of carbonyl (C=O) groups excluding carboxylic acids is 1. The molecule has 0 atom stereocenters. The van der Waals surface area contributed by atoms with Crippen molar-refractivity contribution in [2.75, 3.05) is 17.2 Å². The van der Waals surface area contributed by atoms with Crippen LogP contribution in [0.3, 0.4) is 0 Å². The van der Waals surface area contributed by atoms with E-state index in [1.165, 1.54) is 6.92 Å². The van der Waals surface area contributed by atoms with E-state index in [0.29, 0.717) is 17.8 Å². The molecule has 15 heavy (non-hydrogen) atoms. The summed E-state index contributed by atoms with van der Waals surface area (Å²) in [6.07, 6.45) is 0.732. The Morgan fingerprint density at radius 1 is 1.60 bits per heavy atom. The molecule has 1 aliphatic rings. The average molecular weight is 201 g/mol. The molecule has 1 aromatic carbocycles. The van der Waals surface area contributed by atoms with Gasteiger partial charge in [-0.3, -0.25) is 4.79 Å². The van der Waals surface area contributed by atoms with E-state index in [1.54, 1.807) is 17.0 Å². The second kappa shape index (κ2) is 3.28. The third-order valence-electron chi connectivity index (χ3n) is 2.71. The third-order valence-corrected chi connectivity index (χ3v) is 2.71. The van der Waals surface area contributed by atoms with E-state index in [1.807, 2.05) is 6.07 Å². The highest BCUT2D eigenvalue weighted by Crippen LogP contribution is 2.34. The average Bonchev–Trinajstić information content (AvgIpc) is 2.62. The molecule has 1 aliphatic heterocycles. The molecular formula is C11H11N3O. The lowest BCUT2D eigenvalue weighted by atomic mass is 10.1. The van der Waals surface area contributed by atoms with Gasteiger partial charge in [-0.1, -0.05) is 0 Å². The number of hydrogen-bond donors (Lipinski definition) is 1. The van der Waals surface area contributed by atoms with E-state index in [2.05, 4.69) is 0 Å². The number of nitrogens with zero attached hydrogens (tertiary/aromatic N) is 2. The Hall–Kier alpha value is -2.02. The Labute approximate surface area is 87.9 Å². The Kier molecular flexibility index (Phi) is 2.09. The van der Waals surface area contributed by atoms with Crippen LogP contribution in [-0.2, 0) is 11.2 Å². The fourth-order valence-corrected chi connectivity index (χ4v) is 1.94. The SMILES string of the molecule is CC(=O)N1CCc2c1ccc(C#N)c2N. The van der Waals surface area contributed by atoms with Crippen LogP contribution in [0.2, 0.25) is 0 Å². The molecule has 0 saturated heterocycles. The topological polar surface area (TPSA) is 70.1 Å². The van der Waals surface area contributed by atoms with Crippen molar-refractivity contribution in [2.24, 2.45) is 0 Å². The molecule has 0 fully saturated rings. The molecule has 0 saturated carbocycles. The normalized spacial score (nSPS) is 13.5. The molecule has 0 radical (unpaired) electrons. The minimum absolute atomic E-state index is 0.0119. The van der Waals surface area contributed by atoms with Gasteiger partial charge in [0.25, 0.3) is 0 Å². The Bertz CT molecular complexity index is 473. The molecule has 1 aromatic rings. The lowest BCUT2D eigenvalue weighted by Crippen LogP contribution is -2.25. The van der Waals surface area contributed by atoms with Gasteiger partial charge in [0, 0.05) is 24.7 Å². The number of carbonyl (C=O) groups is 1. The van der Waals surface area contributed by atoms with Crippen LogP contribution < -0.4 is 10.6 Å². The zero-order chi connectivity index (χ0) is 11.0. The van der Waals surface area contributed by atoms with Gasteiger partial charge >= 0.3 is 0 Å². The Morgan fingerprint density at radius 3 is 2.93 bits per heavy atom. The summed E-state index contributed by atoms with van der Waals surface area (Å²) in [5.74, 6) is 0.0119. The number of rotatable bonds is 0. The summed E-state index contributed by atoms with van der Waals surface area (Å²) in [5, 5.41) is 8.81. The van der Waals surface area contributed by atoms with E-state index in [4.69, 9.17) is 11.0 Å². The number of nitriles is 1. The molecule has 1 amide bonds. The van der Waals surface area contributed by atoms with Crippen LogP contribution in [0.4, 0.5) is 11.4 Å². The van der Waals surface area contributed by atoms with Gasteiger partial charge in [-0.2, -0.15) is 5.26 Å². The summed E-state index contributed by atoms with van der Waals surface area (Å²) in [6.45, 7) is 2.19. The van der Waals surface area contributed by atoms with Crippen molar-refractivity contribution in [3.05, 3.63) is 23.3 Å². The predicted octanol–water partition coefficient (Wildman–Crippen LogP) is 1.05. The van der Waals surface area contributed by atoms with Crippen molar-refractivity contribution >= 4 is 17.3 Å². The monoisotopic (exact) mass is 201 g/mol. The predicted molar refractivity (Wildman–Crippen MR) is 57.3 cm³/mol. The van der Waals surface area contributed by atoms with E-state index in [-0.39, 0.29) is 5.91 Å². The zero-order valence-corrected chi connectivity index (χ0v) is 8.45. The van der Waals surface area contributed by atoms with Gasteiger partial charge < -0.3 is 10.6 Å². The summed E-state index contributed by atoms with van der Waals surface area (Å²) in [5.41, 5.74) is 8.61. The first-order chi connectivity index (χ1) is 7.15. The van der Waals surface area contributed by atoms with Gasteiger partial charge in [-0.05, 0) is 18.6 Å². The number of benzene rings is 1. The van der Waals surface area contributed by atoms with Crippen LogP contribution in [-0.4, -0.2) is 12.5 Å². The smallest absolute Gasteiger partial charge is 0.223 e. The molecule has 0 aliphatic carbocycles. The van der Waals surface area contributed by atoms with Crippen molar-refractivity contribution in [3.8, 4) is 6.07 Å². The molecule has 0 unspecified atom stereocenters. The van der Waals surface area contributed by atoms with E-state index in [0.717, 1.165) is 17.7 Å². The largest absolute Gasteiger partial charge is 0.397 e. The molecule has 76 valence electrons. The molecule has 0 spiro atoms. The number of hydrogen-bond acceptors (Lipinski definition) is 3. The molecule has 0 bridgehead atoms. The molecule has 4 nitrogen and oxygen atoms in total. The maximum absolute atomic E-state index is 11.3. The molecular weight excluding hydrogens is 190 g/mol. The fraction of sp³-hybridized carbons (Fsp3) is 0.273. The van der Waals surface area contributed by atoms with Gasteiger partial charge in [0.05, 0.1) is 11.3 Å². The van der Waals surface area contributed by atoms with Crippen molar-refractivity contribution in [2.45, 2.75) is 13.3 Å². The second-order valence-corrected chi connectivity index (χ2v) is 3.56. The highest BCUT2D eigenvalue weighted by atomic mass is 16.2. The minimum Gasteiger partial charge on any atom is -0.397 e. The van der Waals surface area contributed by atoms with Crippen LogP contribution in [0.25, 0.3) is 0 Å². The van der Waals surface area contributed by atoms with Crippen LogP contribution in [0.5, 0.6) is 0 Å². The van der Waals surface area contributed by atoms with Gasteiger partial charge in [0.2, 0.25) is 5.91 Å². The highest BCUT2D eigenvalue weighted by Gasteiger charge is 2.24. The standard InChI is InChI=1S/C11H11N3O/c1-7(15)14-5-4-9-10(14)3-2-8(6-12)11(9)13/h2-3H,4-5,13H2,1H3. The van der Waals surface area contributed by atoms with Crippen molar-refractivity contribution < 1.29 is 4.79 Å². The number of nitrogen functional groups attached to an aromatic ring is 1. The van der Waals surface area contributed by atoms with E-state index in [9.17, 15) is 4.79 Å². The molecule has 2 N–H and O–H groups in total. The third kappa shape index (κ3) is 1.33. The van der Waals surface area contributed by atoms with Gasteiger partial charge in [-0.25, -0.2) is 0 Å². The number of fused-ring (bicyclic) bond motifs is 1. The summed E-state index contributed by atoms with van der Waals surface area (Å²) in [7, 11) is 0. The summed E-state index contributed by atoms with van der Waals surface area (Å²) in [6, 6.07) is 5.49. The highest BCUT2D eigenvalue weighted by molar-refractivity contribution is 5.95. The van der Waals surface area contributed by atoms with Crippen LogP contribution in [0.15, 0.2) is 12.1 Å². The van der Waals surface area contributed by atoms with Gasteiger partial charge in [-0.15, -0.1) is 0 Å². The van der Waals surface area contributed by atoms with Gasteiger partial charge in [0.1, 0.15) is 6.07 Å². The fourth-order valence-electron chi connectivity index (χ4n) is 1.94. The minimum atomic E-state index is 0.0119. The number of amides is 1. The Morgan fingerprint density at radius 2 is 2.33 bits per heavy atom. The number of anilines is 2. The van der Waals surface area contributed by atoms with E-state index >= 15 is 0 Å². The summed E-state index contributed by atoms with van der Waals surface area (Å²) >= 11 is 0. The molecule has 4 heteroatoms. The first kappa shape index (κ1) is 9.53. The lowest BCUT2D eigenvalue weighted by Gasteiger charge is -2.15. The maximum Gasteiger partial charge on any atom is 0.223 e. The summed E-state index contributed by atoms with van der Waals surface area (Å²) in [4.78, 5) is 13.0. The first-order valence-electron chi connectivity index (χ1n) is 4.74. The number of nitrogens with two attached hydrogens (primary N) is 1. The second-order valence-electron chi connectivity index (χ2n) is 3.56. The van der Waals surface area contributed by atoms with Crippen molar-refractivity contribution in [1.29, 1.82) is 5.26 Å². The lowest BCUT2D eigenvalue weighted by molar-refractivity contribution is -0.116. The van der Waals surface area contributed by atoms with Gasteiger partial charge in [0.15, 0.2) is 0 Å². The zero-order valence-electron chi connectivity index (χ0n) is 8.45.